The number of aromatic nitrogens is 3. The number of amides is 1. The lowest BCUT2D eigenvalue weighted by Gasteiger charge is -2.29. The standard InChI is InChI=1S/C16H18FN5O3/c17-14-9-12(1-2-15(14)20-5-7-24-8-6-20)21-10-13(25-16(21)23)11-22-18-3-4-19-22/h1-4,9,13H,5-8,10-11H2/t13-/m1/s1. The number of carbonyl (C=O) groups excluding carboxylic acids is 1. The Morgan fingerprint density at radius 2 is 1.96 bits per heavy atom. The summed E-state index contributed by atoms with van der Waals surface area (Å²) in [6, 6.07) is 4.82. The van der Waals surface area contributed by atoms with Gasteiger partial charge in [-0.05, 0) is 18.2 Å². The third-order valence-electron chi connectivity index (χ3n) is 4.30. The number of ether oxygens (including phenoxy) is 2. The van der Waals surface area contributed by atoms with Crippen LogP contribution in [0.2, 0.25) is 0 Å². The lowest BCUT2D eigenvalue weighted by molar-refractivity contribution is 0.122. The van der Waals surface area contributed by atoms with Crippen LogP contribution in [0.25, 0.3) is 0 Å². The number of carbonyl (C=O) groups is 1. The quantitative estimate of drug-likeness (QED) is 0.830. The first-order valence-corrected chi connectivity index (χ1v) is 8.15. The molecule has 2 aliphatic heterocycles. The Labute approximate surface area is 143 Å². The van der Waals surface area contributed by atoms with Crippen molar-refractivity contribution in [2.45, 2.75) is 12.6 Å². The van der Waals surface area contributed by atoms with Crippen molar-refractivity contribution in [2.75, 3.05) is 42.6 Å². The van der Waals surface area contributed by atoms with Gasteiger partial charge in [0.1, 0.15) is 11.9 Å². The van der Waals surface area contributed by atoms with Gasteiger partial charge in [-0.25, -0.2) is 9.18 Å². The minimum absolute atomic E-state index is 0.330. The fraction of sp³-hybridized carbons (Fsp3) is 0.438. The summed E-state index contributed by atoms with van der Waals surface area (Å²) >= 11 is 0. The maximum absolute atomic E-state index is 14.5. The Morgan fingerprint density at radius 3 is 2.68 bits per heavy atom. The number of nitrogens with zero attached hydrogens (tertiary/aromatic N) is 5. The molecule has 2 fully saturated rings. The van der Waals surface area contributed by atoms with Crippen LogP contribution in [0.1, 0.15) is 0 Å². The van der Waals surface area contributed by atoms with Crippen LogP contribution in [0.4, 0.5) is 20.6 Å². The Kier molecular flexibility index (Phi) is 4.22. The minimum Gasteiger partial charge on any atom is -0.442 e. The first kappa shape index (κ1) is 15.8. The van der Waals surface area contributed by atoms with Crippen molar-refractivity contribution < 1.29 is 18.7 Å². The van der Waals surface area contributed by atoms with Crippen molar-refractivity contribution in [3.63, 3.8) is 0 Å². The van der Waals surface area contributed by atoms with E-state index in [0.29, 0.717) is 50.8 Å². The zero-order valence-electron chi connectivity index (χ0n) is 13.5. The van der Waals surface area contributed by atoms with Crippen molar-refractivity contribution in [1.29, 1.82) is 0 Å². The van der Waals surface area contributed by atoms with Gasteiger partial charge in [-0.3, -0.25) is 4.90 Å². The van der Waals surface area contributed by atoms with Crippen LogP contribution in [0.15, 0.2) is 30.6 Å². The molecule has 1 amide bonds. The molecule has 0 N–H and O–H groups in total. The number of halogens is 1. The Balaban J connectivity index is 1.47. The van der Waals surface area contributed by atoms with Gasteiger partial charge >= 0.3 is 6.09 Å². The monoisotopic (exact) mass is 347 g/mol. The fourth-order valence-corrected chi connectivity index (χ4v) is 3.07. The van der Waals surface area contributed by atoms with Crippen LogP contribution in [-0.4, -0.2) is 60.0 Å². The van der Waals surface area contributed by atoms with E-state index in [0.717, 1.165) is 0 Å². The van der Waals surface area contributed by atoms with E-state index in [1.54, 1.807) is 24.5 Å². The molecule has 4 rings (SSSR count). The van der Waals surface area contributed by atoms with Crippen LogP contribution in [0.3, 0.4) is 0 Å². The van der Waals surface area contributed by atoms with E-state index in [1.807, 2.05) is 4.90 Å². The van der Waals surface area contributed by atoms with Crippen molar-refractivity contribution in [3.05, 3.63) is 36.4 Å². The molecule has 0 aliphatic carbocycles. The number of anilines is 2. The highest BCUT2D eigenvalue weighted by molar-refractivity contribution is 5.90. The highest BCUT2D eigenvalue weighted by atomic mass is 19.1. The second-order valence-corrected chi connectivity index (χ2v) is 5.94. The van der Waals surface area contributed by atoms with Crippen molar-refractivity contribution in [2.24, 2.45) is 0 Å². The molecule has 25 heavy (non-hydrogen) atoms. The topological polar surface area (TPSA) is 72.7 Å². The lowest BCUT2D eigenvalue weighted by Crippen LogP contribution is -2.36. The van der Waals surface area contributed by atoms with E-state index in [4.69, 9.17) is 9.47 Å². The SMILES string of the molecule is O=C1O[C@@H](Cn2nccn2)CN1c1ccc(N2CCOCC2)c(F)c1. The minimum atomic E-state index is -0.490. The molecular weight excluding hydrogens is 329 g/mol. The van der Waals surface area contributed by atoms with Gasteiger partial charge in [-0.1, -0.05) is 0 Å². The van der Waals surface area contributed by atoms with Crippen molar-refractivity contribution >= 4 is 17.5 Å². The molecule has 0 spiro atoms. The van der Waals surface area contributed by atoms with Gasteiger partial charge in [0.2, 0.25) is 0 Å². The molecule has 1 aromatic heterocycles. The lowest BCUT2D eigenvalue weighted by atomic mass is 10.2. The largest absolute Gasteiger partial charge is 0.442 e. The van der Waals surface area contributed by atoms with E-state index < -0.39 is 6.09 Å². The second kappa shape index (κ2) is 6.67. The predicted octanol–water partition coefficient (Wildman–Crippen LogP) is 1.28. The molecule has 1 aromatic carbocycles. The average Bonchev–Trinajstić information content (AvgIpc) is 3.25. The van der Waals surface area contributed by atoms with Gasteiger partial charge in [0, 0.05) is 13.1 Å². The fourth-order valence-electron chi connectivity index (χ4n) is 3.07. The number of cyclic esters (lactones) is 1. The molecule has 0 radical (unpaired) electrons. The van der Waals surface area contributed by atoms with E-state index in [2.05, 4.69) is 10.2 Å². The molecule has 0 bridgehead atoms. The zero-order chi connectivity index (χ0) is 17.2. The van der Waals surface area contributed by atoms with Gasteiger partial charge < -0.3 is 14.4 Å². The number of rotatable bonds is 4. The van der Waals surface area contributed by atoms with Gasteiger partial charge in [-0.2, -0.15) is 15.0 Å². The molecule has 8 nitrogen and oxygen atoms in total. The van der Waals surface area contributed by atoms with Gasteiger partial charge in [-0.15, -0.1) is 0 Å². The molecule has 9 heteroatoms. The normalized spacial score (nSPS) is 20.8. The third-order valence-corrected chi connectivity index (χ3v) is 4.30. The molecule has 1 atom stereocenters. The highest BCUT2D eigenvalue weighted by Gasteiger charge is 2.33. The maximum atomic E-state index is 14.5. The Bertz CT molecular complexity index is 748. The summed E-state index contributed by atoms with van der Waals surface area (Å²) in [4.78, 5) is 17.0. The zero-order valence-corrected chi connectivity index (χ0v) is 13.5. The summed E-state index contributed by atoms with van der Waals surface area (Å²) in [5.74, 6) is -0.357. The van der Waals surface area contributed by atoms with Gasteiger partial charge in [0.05, 0.1) is 50.1 Å². The van der Waals surface area contributed by atoms with Crippen molar-refractivity contribution in [1.82, 2.24) is 15.0 Å². The van der Waals surface area contributed by atoms with Crippen LogP contribution < -0.4 is 9.80 Å². The van der Waals surface area contributed by atoms with E-state index in [-0.39, 0.29) is 11.9 Å². The molecule has 2 aromatic rings. The number of morpholine rings is 1. The molecule has 132 valence electrons. The molecule has 0 unspecified atom stereocenters. The molecule has 0 saturated carbocycles. The first-order valence-electron chi connectivity index (χ1n) is 8.15. The smallest absolute Gasteiger partial charge is 0.414 e. The summed E-state index contributed by atoms with van der Waals surface area (Å²) in [6.45, 7) is 3.17. The number of hydrogen-bond acceptors (Lipinski definition) is 6. The second-order valence-electron chi connectivity index (χ2n) is 5.94. The summed E-state index contributed by atoms with van der Waals surface area (Å²) < 4.78 is 25.1. The maximum Gasteiger partial charge on any atom is 0.414 e. The third kappa shape index (κ3) is 3.27. The van der Waals surface area contributed by atoms with Crippen LogP contribution >= 0.6 is 0 Å². The van der Waals surface area contributed by atoms with E-state index in [1.165, 1.54) is 15.8 Å². The highest BCUT2D eigenvalue weighted by Crippen LogP contribution is 2.28. The predicted molar refractivity (Wildman–Crippen MR) is 87.1 cm³/mol. The Hall–Kier alpha value is -2.68. The van der Waals surface area contributed by atoms with Gasteiger partial charge in [0.15, 0.2) is 0 Å². The van der Waals surface area contributed by atoms with Gasteiger partial charge in [0.25, 0.3) is 0 Å². The molecular formula is C16H18FN5O3. The summed E-state index contributed by atoms with van der Waals surface area (Å²) in [5.41, 5.74) is 1.01. The number of hydrogen-bond donors (Lipinski definition) is 0. The Morgan fingerprint density at radius 1 is 1.20 bits per heavy atom. The molecule has 2 aliphatic rings. The summed E-state index contributed by atoms with van der Waals surface area (Å²) in [6.07, 6.45) is 2.26. The first-order chi connectivity index (χ1) is 12.2. The van der Waals surface area contributed by atoms with Crippen LogP contribution in [-0.2, 0) is 16.0 Å². The summed E-state index contributed by atoms with van der Waals surface area (Å²) in [5, 5.41) is 8.00. The van der Waals surface area contributed by atoms with Crippen molar-refractivity contribution in [3.8, 4) is 0 Å². The van der Waals surface area contributed by atoms with Crippen LogP contribution in [0, 0.1) is 5.82 Å². The average molecular weight is 347 g/mol. The van der Waals surface area contributed by atoms with E-state index in [9.17, 15) is 9.18 Å². The van der Waals surface area contributed by atoms with E-state index >= 15 is 0 Å². The molecule has 3 heterocycles. The summed E-state index contributed by atoms with van der Waals surface area (Å²) in [7, 11) is 0. The number of benzene rings is 1. The molecule has 2 saturated heterocycles. The van der Waals surface area contributed by atoms with Crippen LogP contribution in [0.5, 0.6) is 0 Å².